The van der Waals surface area contributed by atoms with Gasteiger partial charge in [0.05, 0.1) is 11.6 Å². The average Bonchev–Trinajstić information content (AvgIpc) is 3.03. The molecule has 0 bridgehead atoms. The molecule has 2 aromatic carbocycles. The molecule has 0 unspecified atom stereocenters. The van der Waals surface area contributed by atoms with Crippen LogP contribution in [0.1, 0.15) is 38.0 Å². The molecule has 1 heterocycles. The minimum atomic E-state index is -0.648. The molecule has 6 heteroatoms. The van der Waals surface area contributed by atoms with E-state index in [1.165, 1.54) is 4.57 Å². The Kier molecular flexibility index (Phi) is 6.08. The molecule has 3 rings (SSSR count). The number of carbonyl (C=O) groups excluding carboxylic acids is 1. The molecule has 0 radical (unpaired) electrons. The molecule has 142 valence electrons. The Balaban J connectivity index is 1.48. The number of nitrogens with one attached hydrogen (secondary N) is 1. The first-order chi connectivity index (χ1) is 13.1. The molecular weight excluding hydrogens is 344 g/mol. The maximum atomic E-state index is 12.4. The molecule has 1 aromatic heterocycles. The fraction of sp³-hybridized carbons (Fsp3) is 0.333. The molecule has 0 aliphatic heterocycles. The van der Waals surface area contributed by atoms with E-state index in [0.717, 1.165) is 5.56 Å². The summed E-state index contributed by atoms with van der Waals surface area (Å²) in [5.41, 5.74) is 2.22. The third-order valence-corrected chi connectivity index (χ3v) is 4.54. The lowest BCUT2D eigenvalue weighted by atomic mass is 10.1. The van der Waals surface area contributed by atoms with Crippen LogP contribution in [0.25, 0.3) is 11.1 Å². The van der Waals surface area contributed by atoms with Gasteiger partial charge in [0.15, 0.2) is 5.58 Å². The normalized spacial score (nSPS) is 13.4. The Labute approximate surface area is 157 Å². The van der Waals surface area contributed by atoms with Gasteiger partial charge in [-0.05, 0) is 38.0 Å². The summed E-state index contributed by atoms with van der Waals surface area (Å²) in [5, 5.41) is 2.86. The van der Waals surface area contributed by atoms with Crippen molar-refractivity contribution in [3.8, 4) is 0 Å². The van der Waals surface area contributed by atoms with Crippen LogP contribution in [0, 0.1) is 0 Å². The Morgan fingerprint density at radius 2 is 1.81 bits per heavy atom. The second-order valence-corrected chi connectivity index (χ2v) is 6.45. The fourth-order valence-electron chi connectivity index (χ4n) is 2.98. The van der Waals surface area contributed by atoms with E-state index in [1.54, 1.807) is 25.1 Å². The molecule has 3 aromatic rings. The van der Waals surface area contributed by atoms with Gasteiger partial charge in [0.1, 0.15) is 6.04 Å². The topological polar surface area (TPSA) is 73.5 Å². The Morgan fingerprint density at radius 3 is 2.59 bits per heavy atom. The van der Waals surface area contributed by atoms with Crippen LogP contribution < -0.4 is 11.1 Å². The van der Waals surface area contributed by atoms with E-state index in [9.17, 15) is 9.59 Å². The van der Waals surface area contributed by atoms with E-state index in [0.29, 0.717) is 30.7 Å². The van der Waals surface area contributed by atoms with Gasteiger partial charge in [-0.15, -0.1) is 0 Å². The summed E-state index contributed by atoms with van der Waals surface area (Å²) in [4.78, 5) is 24.5. The second-order valence-electron chi connectivity index (χ2n) is 6.45. The summed E-state index contributed by atoms with van der Waals surface area (Å²) < 4.78 is 12.4. The van der Waals surface area contributed by atoms with Crippen LogP contribution in [0.4, 0.5) is 0 Å². The average molecular weight is 368 g/mol. The van der Waals surface area contributed by atoms with E-state index >= 15 is 0 Å². The van der Waals surface area contributed by atoms with E-state index in [4.69, 9.17) is 9.15 Å². The van der Waals surface area contributed by atoms with Gasteiger partial charge in [-0.2, -0.15) is 0 Å². The van der Waals surface area contributed by atoms with Gasteiger partial charge in [-0.1, -0.05) is 42.5 Å². The molecule has 0 aliphatic rings. The number of nitrogens with zero attached hydrogens (tertiary/aromatic N) is 1. The zero-order valence-electron chi connectivity index (χ0n) is 15.6. The van der Waals surface area contributed by atoms with Gasteiger partial charge in [0.2, 0.25) is 5.91 Å². The zero-order chi connectivity index (χ0) is 19.2. The van der Waals surface area contributed by atoms with Crippen LogP contribution in [0.15, 0.2) is 63.8 Å². The van der Waals surface area contributed by atoms with Crippen molar-refractivity contribution in [3.05, 3.63) is 70.7 Å². The Hall–Kier alpha value is -2.86. The highest BCUT2D eigenvalue weighted by atomic mass is 16.5. The number of benzene rings is 2. The largest absolute Gasteiger partial charge is 0.420 e. The highest BCUT2D eigenvalue weighted by Gasteiger charge is 2.20. The minimum absolute atomic E-state index is 0.0108. The van der Waals surface area contributed by atoms with E-state index < -0.39 is 11.8 Å². The van der Waals surface area contributed by atoms with Crippen LogP contribution in [0.3, 0.4) is 0 Å². The number of para-hydroxylation sites is 2. The van der Waals surface area contributed by atoms with Crippen molar-refractivity contribution in [3.63, 3.8) is 0 Å². The highest BCUT2D eigenvalue weighted by molar-refractivity contribution is 5.82. The summed E-state index contributed by atoms with van der Waals surface area (Å²) in [6.07, 6.45) is 0.702. The van der Waals surface area contributed by atoms with E-state index in [1.807, 2.05) is 43.3 Å². The Bertz CT molecular complexity index is 945. The summed E-state index contributed by atoms with van der Waals surface area (Å²) in [6, 6.07) is 16.4. The van der Waals surface area contributed by atoms with Gasteiger partial charge in [0, 0.05) is 13.2 Å². The second kappa shape index (κ2) is 8.68. The van der Waals surface area contributed by atoms with E-state index in [2.05, 4.69) is 5.32 Å². The van der Waals surface area contributed by atoms with Crippen molar-refractivity contribution in [2.24, 2.45) is 0 Å². The first-order valence-corrected chi connectivity index (χ1v) is 9.12. The Morgan fingerprint density at radius 1 is 1.11 bits per heavy atom. The van der Waals surface area contributed by atoms with Gasteiger partial charge < -0.3 is 14.5 Å². The van der Waals surface area contributed by atoms with Crippen molar-refractivity contribution in [1.82, 2.24) is 9.88 Å². The fourth-order valence-corrected chi connectivity index (χ4v) is 2.98. The van der Waals surface area contributed by atoms with Crippen LogP contribution in [-0.4, -0.2) is 23.6 Å². The van der Waals surface area contributed by atoms with Crippen LogP contribution in [0.2, 0.25) is 0 Å². The number of ether oxygens (including phenoxy) is 1. The van der Waals surface area contributed by atoms with Gasteiger partial charge in [-0.3, -0.25) is 9.36 Å². The molecule has 0 spiro atoms. The van der Waals surface area contributed by atoms with Crippen molar-refractivity contribution in [2.75, 3.05) is 13.2 Å². The molecular formula is C21H24N2O4. The molecule has 6 nitrogen and oxygen atoms in total. The summed E-state index contributed by atoms with van der Waals surface area (Å²) in [5.74, 6) is -0.751. The van der Waals surface area contributed by atoms with Crippen LogP contribution >= 0.6 is 0 Å². The van der Waals surface area contributed by atoms with Gasteiger partial charge in [-0.25, -0.2) is 4.79 Å². The number of hydrogen-bond donors (Lipinski definition) is 1. The van der Waals surface area contributed by atoms with Crippen molar-refractivity contribution >= 4 is 17.0 Å². The predicted molar refractivity (Wildman–Crippen MR) is 104 cm³/mol. The van der Waals surface area contributed by atoms with Crippen molar-refractivity contribution < 1.29 is 13.9 Å². The first-order valence-electron chi connectivity index (χ1n) is 9.12. The maximum absolute atomic E-state index is 12.4. The molecule has 0 saturated carbocycles. The lowest BCUT2D eigenvalue weighted by Gasteiger charge is -2.15. The lowest BCUT2D eigenvalue weighted by Crippen LogP contribution is -2.35. The molecule has 1 N–H and O–H groups in total. The summed E-state index contributed by atoms with van der Waals surface area (Å²) in [6.45, 7) is 4.72. The van der Waals surface area contributed by atoms with Crippen molar-refractivity contribution in [1.29, 1.82) is 0 Å². The van der Waals surface area contributed by atoms with Crippen molar-refractivity contribution in [2.45, 2.75) is 32.4 Å². The van der Waals surface area contributed by atoms with Crippen LogP contribution in [0.5, 0.6) is 0 Å². The number of carbonyl (C=O) groups is 1. The quantitative estimate of drug-likeness (QED) is 0.618. The lowest BCUT2D eigenvalue weighted by molar-refractivity contribution is -0.123. The predicted octanol–water partition coefficient (Wildman–Crippen LogP) is 3.44. The van der Waals surface area contributed by atoms with Gasteiger partial charge >= 0.3 is 5.76 Å². The number of hydrogen-bond acceptors (Lipinski definition) is 4. The molecule has 0 aliphatic carbocycles. The monoisotopic (exact) mass is 368 g/mol. The third-order valence-electron chi connectivity index (χ3n) is 4.54. The number of amides is 1. The van der Waals surface area contributed by atoms with Gasteiger partial charge in [0.25, 0.3) is 0 Å². The van der Waals surface area contributed by atoms with E-state index in [-0.39, 0.29) is 12.0 Å². The summed E-state index contributed by atoms with van der Waals surface area (Å²) >= 11 is 0. The first kappa shape index (κ1) is 18.9. The standard InChI is InChI=1S/C21H24N2O4/c1-15(23-18-11-6-7-12-19(18)27-21(23)25)20(24)22-13-8-14-26-16(2)17-9-4-3-5-10-17/h3-7,9-12,15-16H,8,13-14H2,1-2H3,(H,22,24)/t15-,16-/m0/s1. The molecule has 0 fully saturated rings. The highest BCUT2D eigenvalue weighted by Crippen LogP contribution is 2.17. The third kappa shape index (κ3) is 4.46. The molecule has 27 heavy (non-hydrogen) atoms. The zero-order valence-corrected chi connectivity index (χ0v) is 15.6. The van der Waals surface area contributed by atoms with Crippen LogP contribution in [-0.2, 0) is 9.53 Å². The molecule has 1 amide bonds. The maximum Gasteiger partial charge on any atom is 0.420 e. The minimum Gasteiger partial charge on any atom is -0.408 e. The number of rotatable bonds is 8. The number of oxazole rings is 1. The summed E-state index contributed by atoms with van der Waals surface area (Å²) in [7, 11) is 0. The molecule has 2 atom stereocenters. The smallest absolute Gasteiger partial charge is 0.408 e. The molecule has 0 saturated heterocycles. The number of fused-ring (bicyclic) bond motifs is 1. The number of aromatic nitrogens is 1. The SMILES string of the molecule is C[C@H](OCCCNC(=O)[C@H](C)n1c(=O)oc2ccccc21)c1ccccc1.